The number of nitrogens with zero attached hydrogens (tertiary/aromatic N) is 1. The van der Waals surface area contributed by atoms with Crippen LogP contribution in [-0.2, 0) is 0 Å². The number of rotatable bonds is 0. The molecule has 12 heavy (non-hydrogen) atoms. The maximum Gasteiger partial charge on any atom is 0.133 e. The summed E-state index contributed by atoms with van der Waals surface area (Å²) in [6.45, 7) is 0. The van der Waals surface area contributed by atoms with Gasteiger partial charge in [-0.2, -0.15) is 0 Å². The van der Waals surface area contributed by atoms with Crippen molar-refractivity contribution in [1.29, 1.82) is 0 Å². The van der Waals surface area contributed by atoms with E-state index < -0.39 is 0 Å². The van der Waals surface area contributed by atoms with Crippen LogP contribution in [0.25, 0.3) is 10.9 Å². The largest absolute Gasteiger partial charge is 0.339 e. The first kappa shape index (κ1) is 7.85. The zero-order valence-electron chi connectivity index (χ0n) is 6.09. The smallest absolute Gasteiger partial charge is 0.133 e. The molecule has 2 N–H and O–H groups in total. The van der Waals surface area contributed by atoms with Gasteiger partial charge in [0.05, 0.1) is 10.9 Å². The number of hydrogen-bond donors (Lipinski definition) is 1. The Morgan fingerprint density at radius 3 is 2.83 bits per heavy atom. The third kappa shape index (κ3) is 0.979. The van der Waals surface area contributed by atoms with E-state index in [0.29, 0.717) is 5.39 Å². The Labute approximate surface area is 82.3 Å². The van der Waals surface area contributed by atoms with Crippen LogP contribution in [0.4, 0.5) is 4.39 Å². The summed E-state index contributed by atoms with van der Waals surface area (Å²) >= 11 is 2.06. The molecule has 0 aliphatic heterocycles. The lowest BCUT2D eigenvalue weighted by molar-refractivity contribution is 0.639. The van der Waals surface area contributed by atoms with Crippen LogP contribution in [0.3, 0.4) is 0 Å². The van der Waals surface area contributed by atoms with Crippen LogP contribution in [0.1, 0.15) is 0 Å². The second-order valence-electron chi connectivity index (χ2n) is 2.52. The second-order valence-corrected chi connectivity index (χ2v) is 3.68. The van der Waals surface area contributed by atoms with Crippen LogP contribution in [0.2, 0.25) is 0 Å². The van der Waals surface area contributed by atoms with E-state index in [-0.39, 0.29) is 5.82 Å². The first-order chi connectivity index (χ1) is 5.70. The summed E-state index contributed by atoms with van der Waals surface area (Å²) in [5.41, 5.74) is 0.722. The van der Waals surface area contributed by atoms with Gasteiger partial charge in [-0.05, 0) is 34.7 Å². The number of benzene rings is 1. The molecule has 62 valence electrons. The first-order valence-electron chi connectivity index (χ1n) is 3.40. The van der Waals surface area contributed by atoms with Crippen LogP contribution < -0.4 is 5.84 Å². The fraction of sp³-hybridized carbons (Fsp3) is 0. The van der Waals surface area contributed by atoms with Gasteiger partial charge in [0, 0.05) is 9.77 Å². The molecule has 1 aromatic heterocycles. The van der Waals surface area contributed by atoms with E-state index in [1.165, 1.54) is 10.7 Å². The topological polar surface area (TPSA) is 30.9 Å². The van der Waals surface area contributed by atoms with Gasteiger partial charge in [-0.1, -0.05) is 6.07 Å². The van der Waals surface area contributed by atoms with Crippen molar-refractivity contribution in [2.75, 3.05) is 5.84 Å². The van der Waals surface area contributed by atoms with Gasteiger partial charge in [0.1, 0.15) is 5.82 Å². The summed E-state index contributed by atoms with van der Waals surface area (Å²) in [5.74, 6) is 5.37. The van der Waals surface area contributed by atoms with Crippen molar-refractivity contribution in [2.45, 2.75) is 0 Å². The Balaban J connectivity index is 2.99. The van der Waals surface area contributed by atoms with E-state index in [9.17, 15) is 4.39 Å². The van der Waals surface area contributed by atoms with Crippen molar-refractivity contribution in [3.63, 3.8) is 0 Å². The molecule has 0 saturated carbocycles. The molecule has 0 spiro atoms. The maximum atomic E-state index is 13.2. The molecule has 0 aliphatic rings. The Bertz CT molecular complexity index is 436. The van der Waals surface area contributed by atoms with Gasteiger partial charge in [0.2, 0.25) is 0 Å². The Morgan fingerprint density at radius 2 is 2.17 bits per heavy atom. The average Bonchev–Trinajstić information content (AvgIpc) is 2.29. The molecular weight excluding hydrogens is 270 g/mol. The first-order valence-corrected chi connectivity index (χ1v) is 4.48. The molecule has 0 unspecified atom stereocenters. The molecule has 1 aromatic carbocycles. The Kier molecular flexibility index (Phi) is 1.71. The molecule has 0 fully saturated rings. The minimum atomic E-state index is -0.221. The number of aromatic nitrogens is 1. The maximum absolute atomic E-state index is 13.2. The van der Waals surface area contributed by atoms with Gasteiger partial charge >= 0.3 is 0 Å². The SMILES string of the molecule is Nn1cc(I)c2c(F)cccc21. The lowest BCUT2D eigenvalue weighted by Gasteiger charge is -1.95. The van der Waals surface area contributed by atoms with Gasteiger partial charge in [-0.25, -0.2) is 4.39 Å². The zero-order chi connectivity index (χ0) is 8.72. The van der Waals surface area contributed by atoms with E-state index in [0.717, 1.165) is 9.09 Å². The van der Waals surface area contributed by atoms with Crippen molar-refractivity contribution in [3.05, 3.63) is 33.8 Å². The highest BCUT2D eigenvalue weighted by Crippen LogP contribution is 2.23. The van der Waals surface area contributed by atoms with E-state index >= 15 is 0 Å². The van der Waals surface area contributed by atoms with E-state index in [1.54, 1.807) is 18.3 Å². The standard InChI is InChI=1S/C8H6FIN2/c9-5-2-1-3-7-8(5)6(10)4-12(7)11/h1-4H,11H2. The molecule has 2 nitrogen and oxygen atoms in total. The van der Waals surface area contributed by atoms with Crippen molar-refractivity contribution in [1.82, 2.24) is 4.68 Å². The fourth-order valence-corrected chi connectivity index (χ4v) is 2.05. The van der Waals surface area contributed by atoms with Crippen molar-refractivity contribution in [2.24, 2.45) is 0 Å². The number of hydrogen-bond acceptors (Lipinski definition) is 1. The molecule has 2 aromatic rings. The molecule has 0 aliphatic carbocycles. The Morgan fingerprint density at radius 1 is 1.42 bits per heavy atom. The third-order valence-corrected chi connectivity index (χ3v) is 2.58. The van der Waals surface area contributed by atoms with E-state index in [1.807, 2.05) is 0 Å². The molecule has 0 amide bonds. The summed E-state index contributed by atoms with van der Waals surface area (Å²) in [5, 5.41) is 0.598. The minimum absolute atomic E-state index is 0.221. The van der Waals surface area contributed by atoms with Gasteiger partial charge in [-0.3, -0.25) is 4.68 Å². The highest BCUT2D eigenvalue weighted by molar-refractivity contribution is 14.1. The summed E-state index contributed by atoms with van der Waals surface area (Å²) < 4.78 is 15.5. The van der Waals surface area contributed by atoms with Gasteiger partial charge in [0.15, 0.2) is 0 Å². The third-order valence-electron chi connectivity index (χ3n) is 1.76. The van der Waals surface area contributed by atoms with Crippen molar-refractivity contribution in [3.8, 4) is 0 Å². The summed E-state index contributed by atoms with van der Waals surface area (Å²) in [7, 11) is 0. The molecule has 0 saturated heterocycles. The van der Waals surface area contributed by atoms with Crippen molar-refractivity contribution >= 4 is 33.5 Å². The van der Waals surface area contributed by atoms with Crippen LogP contribution in [-0.4, -0.2) is 4.68 Å². The number of fused-ring (bicyclic) bond motifs is 1. The lowest BCUT2D eigenvalue weighted by Crippen LogP contribution is -2.04. The van der Waals surface area contributed by atoms with Crippen LogP contribution in [0, 0.1) is 9.39 Å². The summed E-state index contributed by atoms with van der Waals surface area (Å²) in [4.78, 5) is 0. The molecule has 0 atom stereocenters. The van der Waals surface area contributed by atoms with E-state index in [4.69, 9.17) is 5.84 Å². The summed E-state index contributed by atoms with van der Waals surface area (Å²) in [6, 6.07) is 4.88. The van der Waals surface area contributed by atoms with Crippen LogP contribution in [0.15, 0.2) is 24.4 Å². The van der Waals surface area contributed by atoms with Crippen molar-refractivity contribution < 1.29 is 4.39 Å². The molecule has 0 radical (unpaired) electrons. The van der Waals surface area contributed by atoms with Gasteiger partial charge in [0.25, 0.3) is 0 Å². The molecule has 0 bridgehead atoms. The molecule has 2 rings (SSSR count). The molecule has 4 heteroatoms. The Hall–Kier alpha value is -0.780. The molecular formula is C8H6FIN2. The highest BCUT2D eigenvalue weighted by Gasteiger charge is 2.07. The van der Waals surface area contributed by atoms with Crippen LogP contribution in [0.5, 0.6) is 0 Å². The number of halogens is 2. The monoisotopic (exact) mass is 276 g/mol. The number of nitrogens with two attached hydrogens (primary N) is 1. The fourth-order valence-electron chi connectivity index (χ4n) is 1.22. The average molecular weight is 276 g/mol. The van der Waals surface area contributed by atoms with Crippen LogP contribution >= 0.6 is 22.6 Å². The zero-order valence-corrected chi connectivity index (χ0v) is 8.25. The summed E-state index contributed by atoms with van der Waals surface area (Å²) in [6.07, 6.45) is 1.70. The van der Waals surface area contributed by atoms with Gasteiger partial charge < -0.3 is 5.84 Å². The lowest BCUT2D eigenvalue weighted by atomic mass is 10.2. The molecule has 1 heterocycles. The van der Waals surface area contributed by atoms with E-state index in [2.05, 4.69) is 22.6 Å². The highest BCUT2D eigenvalue weighted by atomic mass is 127. The minimum Gasteiger partial charge on any atom is -0.339 e. The van der Waals surface area contributed by atoms with Gasteiger partial charge in [-0.15, -0.1) is 0 Å². The number of nitrogen functional groups attached to an aromatic ring is 1. The quantitative estimate of drug-likeness (QED) is 0.579. The predicted molar refractivity (Wildman–Crippen MR) is 54.8 cm³/mol. The normalized spacial score (nSPS) is 10.8. The second kappa shape index (κ2) is 2.62. The predicted octanol–water partition coefficient (Wildman–Crippen LogP) is 2.10.